The van der Waals surface area contributed by atoms with Gasteiger partial charge in [-0.25, -0.2) is 0 Å². The maximum Gasteiger partial charge on any atom is 0.310 e. The van der Waals surface area contributed by atoms with Gasteiger partial charge in [-0.1, -0.05) is 25.9 Å². The fraction of sp³-hybridized carbons (Fsp3) is 0.833. The van der Waals surface area contributed by atoms with E-state index in [-0.39, 0.29) is 10.8 Å². The fourth-order valence-corrected chi connectivity index (χ4v) is 3.60. The zero-order valence-corrected chi connectivity index (χ0v) is 10.3. The largest absolute Gasteiger partial charge is 0.481 e. The van der Waals surface area contributed by atoms with Crippen LogP contribution in [-0.2, 0) is 9.63 Å². The molecule has 0 saturated heterocycles. The van der Waals surface area contributed by atoms with Crippen molar-refractivity contribution < 1.29 is 14.7 Å². The topological polar surface area (TPSA) is 58.9 Å². The maximum absolute atomic E-state index is 11.6. The van der Waals surface area contributed by atoms with E-state index in [0.29, 0.717) is 6.42 Å². The zero-order valence-electron chi connectivity index (χ0n) is 10.3. The number of fused-ring (bicyclic) bond motifs is 2. The molecule has 0 radical (unpaired) electrons. The van der Waals surface area contributed by atoms with Crippen LogP contribution in [0.5, 0.6) is 0 Å². The lowest BCUT2D eigenvalue weighted by Gasteiger charge is -2.37. The van der Waals surface area contributed by atoms with Crippen molar-refractivity contribution in [3.05, 3.63) is 0 Å². The van der Waals surface area contributed by atoms with Crippen LogP contribution >= 0.6 is 0 Å². The Bertz CT molecular complexity index is 374. The lowest BCUT2D eigenvalue weighted by atomic mass is 9.65. The summed E-state index contributed by atoms with van der Waals surface area (Å²) in [5.74, 6) is -0.692. The molecule has 2 saturated carbocycles. The number of nitrogens with zero attached hydrogens (tertiary/aromatic N) is 1. The number of hydrogen-bond donors (Lipinski definition) is 1. The Kier molecular flexibility index (Phi) is 2.14. The lowest BCUT2D eigenvalue weighted by Crippen LogP contribution is -2.40. The van der Waals surface area contributed by atoms with E-state index in [0.717, 1.165) is 18.6 Å². The first-order valence-electron chi connectivity index (χ1n) is 5.66. The van der Waals surface area contributed by atoms with Crippen molar-refractivity contribution in [2.75, 3.05) is 7.11 Å². The Morgan fingerprint density at radius 3 is 2.44 bits per heavy atom. The molecule has 2 fully saturated rings. The molecular formula is C12H19NO3. The first kappa shape index (κ1) is 11.4. The summed E-state index contributed by atoms with van der Waals surface area (Å²) in [6.45, 7) is 6.21. The van der Waals surface area contributed by atoms with Crippen LogP contribution in [0.2, 0.25) is 0 Å². The molecule has 0 unspecified atom stereocenters. The van der Waals surface area contributed by atoms with Gasteiger partial charge in [-0.05, 0) is 18.3 Å². The highest BCUT2D eigenvalue weighted by Crippen LogP contribution is 2.70. The Hall–Kier alpha value is -1.06. The van der Waals surface area contributed by atoms with Gasteiger partial charge in [-0.15, -0.1) is 0 Å². The van der Waals surface area contributed by atoms with E-state index in [4.69, 9.17) is 4.84 Å². The first-order valence-corrected chi connectivity index (χ1v) is 5.66. The van der Waals surface area contributed by atoms with Gasteiger partial charge in [0.1, 0.15) is 7.11 Å². The molecule has 2 rings (SSSR count). The van der Waals surface area contributed by atoms with Crippen molar-refractivity contribution in [1.29, 1.82) is 0 Å². The van der Waals surface area contributed by atoms with Crippen LogP contribution in [0.15, 0.2) is 5.16 Å². The lowest BCUT2D eigenvalue weighted by molar-refractivity contribution is -0.154. The molecule has 0 aliphatic heterocycles. The predicted molar refractivity (Wildman–Crippen MR) is 60.3 cm³/mol. The first-order chi connectivity index (χ1) is 7.32. The van der Waals surface area contributed by atoms with Gasteiger partial charge in [-0.3, -0.25) is 4.79 Å². The molecule has 2 aliphatic carbocycles. The minimum absolute atomic E-state index is 0.137. The molecule has 0 amide bonds. The molecule has 0 spiro atoms. The highest BCUT2D eigenvalue weighted by atomic mass is 16.6. The summed E-state index contributed by atoms with van der Waals surface area (Å²) in [6, 6.07) is 0. The average Bonchev–Trinajstić information content (AvgIpc) is 2.48. The van der Waals surface area contributed by atoms with Gasteiger partial charge in [0, 0.05) is 11.8 Å². The summed E-state index contributed by atoms with van der Waals surface area (Å²) in [5.41, 5.74) is -0.141. The smallest absolute Gasteiger partial charge is 0.310 e. The highest BCUT2D eigenvalue weighted by molar-refractivity contribution is 6.00. The van der Waals surface area contributed by atoms with E-state index in [2.05, 4.69) is 12.1 Å². The molecule has 90 valence electrons. The Morgan fingerprint density at radius 2 is 2.00 bits per heavy atom. The summed E-state index contributed by atoms with van der Waals surface area (Å²) in [4.78, 5) is 16.4. The summed E-state index contributed by atoms with van der Waals surface area (Å²) >= 11 is 0. The normalized spacial score (nSPS) is 42.6. The molecule has 0 aromatic heterocycles. The van der Waals surface area contributed by atoms with Crippen molar-refractivity contribution >= 4 is 11.7 Å². The summed E-state index contributed by atoms with van der Waals surface area (Å²) in [5, 5.41) is 13.6. The predicted octanol–water partition coefficient (Wildman–Crippen LogP) is 2.29. The molecular weight excluding hydrogens is 206 g/mol. The SMILES string of the molecule is CO/N=C1/C[C@]2(C(=O)O)CC[C@@]1(C)C2(C)C. The van der Waals surface area contributed by atoms with Crippen LogP contribution in [0.4, 0.5) is 0 Å². The summed E-state index contributed by atoms with van der Waals surface area (Å²) in [6.07, 6.45) is 2.16. The molecule has 1 N–H and O–H groups in total. The van der Waals surface area contributed by atoms with Crippen LogP contribution < -0.4 is 0 Å². The van der Waals surface area contributed by atoms with E-state index in [1.165, 1.54) is 7.11 Å². The van der Waals surface area contributed by atoms with Crippen molar-refractivity contribution in [3.63, 3.8) is 0 Å². The van der Waals surface area contributed by atoms with Gasteiger partial charge in [0.15, 0.2) is 0 Å². The Morgan fingerprint density at radius 1 is 1.38 bits per heavy atom. The highest BCUT2D eigenvalue weighted by Gasteiger charge is 2.72. The van der Waals surface area contributed by atoms with E-state index in [9.17, 15) is 9.90 Å². The zero-order chi connectivity index (χ0) is 12.2. The van der Waals surface area contributed by atoms with Crippen LogP contribution in [0.25, 0.3) is 0 Å². The second kappa shape index (κ2) is 2.99. The number of carbonyl (C=O) groups is 1. The van der Waals surface area contributed by atoms with Crippen LogP contribution in [0.3, 0.4) is 0 Å². The number of carboxylic acids is 1. The van der Waals surface area contributed by atoms with Crippen molar-refractivity contribution in [2.45, 2.75) is 40.0 Å². The summed E-state index contributed by atoms with van der Waals surface area (Å²) in [7, 11) is 1.52. The van der Waals surface area contributed by atoms with Gasteiger partial charge in [-0.2, -0.15) is 0 Å². The average molecular weight is 225 g/mol. The van der Waals surface area contributed by atoms with Crippen molar-refractivity contribution in [2.24, 2.45) is 21.4 Å². The fourth-order valence-electron chi connectivity index (χ4n) is 3.60. The molecule has 0 aromatic carbocycles. The third-order valence-electron chi connectivity index (χ3n) is 5.34. The standard InChI is InChI=1S/C12H19NO3/c1-10(2)11(3)5-6-12(10,9(14)15)7-8(11)13-16-4/h5-7H2,1-4H3,(H,14,15)/b13-8-/t11-,12+/m1/s1. The van der Waals surface area contributed by atoms with E-state index >= 15 is 0 Å². The van der Waals surface area contributed by atoms with Crippen LogP contribution in [0.1, 0.15) is 40.0 Å². The van der Waals surface area contributed by atoms with Crippen molar-refractivity contribution in [3.8, 4) is 0 Å². The number of carboxylic acid groups (broad SMARTS) is 1. The van der Waals surface area contributed by atoms with Gasteiger partial charge in [0.05, 0.1) is 11.1 Å². The Balaban J connectivity index is 2.55. The maximum atomic E-state index is 11.6. The number of rotatable bonds is 2. The molecule has 2 bridgehead atoms. The minimum atomic E-state index is -0.692. The van der Waals surface area contributed by atoms with Gasteiger partial charge in [0.25, 0.3) is 0 Å². The second-order valence-electron chi connectivity index (χ2n) is 5.74. The van der Waals surface area contributed by atoms with E-state index in [1.54, 1.807) is 0 Å². The molecule has 0 aromatic rings. The quantitative estimate of drug-likeness (QED) is 0.733. The summed E-state index contributed by atoms with van der Waals surface area (Å²) < 4.78 is 0. The monoisotopic (exact) mass is 225 g/mol. The molecule has 2 aliphatic rings. The minimum Gasteiger partial charge on any atom is -0.481 e. The van der Waals surface area contributed by atoms with Gasteiger partial charge < -0.3 is 9.94 Å². The second-order valence-corrected chi connectivity index (χ2v) is 5.74. The molecule has 4 nitrogen and oxygen atoms in total. The molecule has 2 atom stereocenters. The number of aliphatic carboxylic acids is 1. The van der Waals surface area contributed by atoms with Crippen molar-refractivity contribution in [1.82, 2.24) is 0 Å². The molecule has 16 heavy (non-hydrogen) atoms. The van der Waals surface area contributed by atoms with E-state index < -0.39 is 11.4 Å². The third-order valence-corrected chi connectivity index (χ3v) is 5.34. The van der Waals surface area contributed by atoms with Gasteiger partial charge >= 0.3 is 5.97 Å². The van der Waals surface area contributed by atoms with Gasteiger partial charge in [0.2, 0.25) is 0 Å². The van der Waals surface area contributed by atoms with E-state index in [1.807, 2.05) is 13.8 Å². The molecule has 4 heteroatoms. The Labute approximate surface area is 95.7 Å². The third kappa shape index (κ3) is 0.955. The van der Waals surface area contributed by atoms with Crippen LogP contribution in [-0.4, -0.2) is 23.9 Å². The number of hydrogen-bond acceptors (Lipinski definition) is 3. The van der Waals surface area contributed by atoms with Crippen LogP contribution in [0, 0.1) is 16.2 Å². The number of oxime groups is 1. The molecule has 0 heterocycles.